The monoisotopic (exact) mass is 342 g/mol. The van der Waals surface area contributed by atoms with Crippen molar-refractivity contribution >= 4 is 5.91 Å². The summed E-state index contributed by atoms with van der Waals surface area (Å²) in [5, 5.41) is 6.80. The summed E-state index contributed by atoms with van der Waals surface area (Å²) in [4.78, 5) is 12.7. The van der Waals surface area contributed by atoms with Crippen LogP contribution in [-0.4, -0.2) is 31.1 Å². The van der Waals surface area contributed by atoms with Gasteiger partial charge < -0.3 is 15.4 Å². The molecule has 2 heterocycles. The Hall–Kier alpha value is -1.39. The summed E-state index contributed by atoms with van der Waals surface area (Å²) in [7, 11) is 0. The number of rotatable bonds is 4. The quantitative estimate of drug-likeness (QED) is 0.883. The topological polar surface area (TPSA) is 50.4 Å². The molecule has 4 nitrogen and oxygen atoms in total. The van der Waals surface area contributed by atoms with Gasteiger partial charge in [0.2, 0.25) is 5.91 Å². The van der Waals surface area contributed by atoms with Crippen molar-refractivity contribution in [3.8, 4) is 0 Å². The predicted molar refractivity (Wildman–Crippen MR) is 98.2 cm³/mol. The number of ether oxygens (including phenoxy) is 1. The Morgan fingerprint density at radius 2 is 1.96 bits per heavy atom. The molecule has 2 saturated heterocycles. The molecule has 5 unspecified atom stereocenters. The molecule has 1 aromatic rings. The minimum atomic E-state index is 0.00721. The number of amides is 1. The summed E-state index contributed by atoms with van der Waals surface area (Å²) in [6, 6.07) is 11.0. The first-order valence-electron chi connectivity index (χ1n) is 10.0. The normalized spacial score (nSPS) is 35.1. The van der Waals surface area contributed by atoms with E-state index in [-0.39, 0.29) is 18.1 Å². The fourth-order valence-electron chi connectivity index (χ4n) is 4.94. The van der Waals surface area contributed by atoms with Gasteiger partial charge in [-0.25, -0.2) is 0 Å². The van der Waals surface area contributed by atoms with E-state index >= 15 is 0 Å². The Kier molecular flexibility index (Phi) is 5.37. The van der Waals surface area contributed by atoms with Crippen molar-refractivity contribution in [1.82, 2.24) is 10.6 Å². The van der Waals surface area contributed by atoms with Crippen molar-refractivity contribution in [2.24, 2.45) is 11.8 Å². The molecule has 0 spiro atoms. The predicted octanol–water partition coefficient (Wildman–Crippen LogP) is 3.19. The van der Waals surface area contributed by atoms with Crippen LogP contribution in [0.5, 0.6) is 0 Å². The smallest absolute Gasteiger partial charge is 0.237 e. The van der Waals surface area contributed by atoms with Gasteiger partial charge in [-0.3, -0.25) is 4.79 Å². The van der Waals surface area contributed by atoms with Crippen molar-refractivity contribution in [2.45, 2.75) is 63.1 Å². The third-order valence-electron chi connectivity index (χ3n) is 6.29. The van der Waals surface area contributed by atoms with Gasteiger partial charge in [0.15, 0.2) is 0 Å². The Balaban J connectivity index is 1.32. The zero-order valence-electron chi connectivity index (χ0n) is 15.0. The van der Waals surface area contributed by atoms with E-state index in [9.17, 15) is 4.79 Å². The Morgan fingerprint density at radius 3 is 2.80 bits per heavy atom. The van der Waals surface area contributed by atoms with E-state index in [1.807, 2.05) is 6.07 Å². The third-order valence-corrected chi connectivity index (χ3v) is 6.29. The van der Waals surface area contributed by atoms with Crippen molar-refractivity contribution in [3.63, 3.8) is 0 Å². The highest BCUT2D eigenvalue weighted by Gasteiger charge is 2.38. The minimum Gasteiger partial charge on any atom is -0.373 e. The van der Waals surface area contributed by atoms with Crippen LogP contribution < -0.4 is 10.6 Å². The molecule has 3 fully saturated rings. The highest BCUT2D eigenvalue weighted by atomic mass is 16.5. The second kappa shape index (κ2) is 7.88. The zero-order chi connectivity index (χ0) is 17.1. The van der Waals surface area contributed by atoms with Gasteiger partial charge in [-0.15, -0.1) is 0 Å². The van der Waals surface area contributed by atoms with E-state index < -0.39 is 0 Å². The minimum absolute atomic E-state index is 0.00721. The van der Waals surface area contributed by atoms with Crippen LogP contribution in [-0.2, 0) is 9.53 Å². The number of carbonyl (C=O) groups is 1. The second-order valence-electron chi connectivity index (χ2n) is 7.96. The van der Waals surface area contributed by atoms with Gasteiger partial charge in [0.1, 0.15) is 0 Å². The Bertz CT molecular complexity index is 563. The highest BCUT2D eigenvalue weighted by Crippen LogP contribution is 2.34. The largest absolute Gasteiger partial charge is 0.373 e. The second-order valence-corrected chi connectivity index (χ2v) is 7.96. The molecular weight excluding hydrogens is 312 g/mol. The Labute approximate surface area is 150 Å². The lowest BCUT2D eigenvalue weighted by Gasteiger charge is -2.32. The molecule has 3 aliphatic rings. The molecule has 2 aliphatic heterocycles. The molecule has 1 aromatic carbocycles. The van der Waals surface area contributed by atoms with E-state index in [1.54, 1.807) is 0 Å². The van der Waals surface area contributed by atoms with Crippen molar-refractivity contribution < 1.29 is 9.53 Å². The molecule has 1 saturated carbocycles. The first-order chi connectivity index (χ1) is 12.3. The van der Waals surface area contributed by atoms with Crippen LogP contribution in [0.25, 0.3) is 0 Å². The summed E-state index contributed by atoms with van der Waals surface area (Å²) in [6.45, 7) is 1.53. The molecule has 1 aliphatic carbocycles. The van der Waals surface area contributed by atoms with Gasteiger partial charge in [-0.1, -0.05) is 43.2 Å². The maximum absolute atomic E-state index is 12.7. The number of fused-ring (bicyclic) bond motifs is 1. The number of nitrogens with one attached hydrogen (secondary N) is 2. The first-order valence-corrected chi connectivity index (χ1v) is 10.0. The summed E-state index contributed by atoms with van der Waals surface area (Å²) in [5.41, 5.74) is 1.23. The van der Waals surface area contributed by atoms with Gasteiger partial charge in [0, 0.05) is 25.1 Å². The standard InChI is InChI=1S/C21H30N2O2/c24-21(19-13-16-9-4-5-11-18(16)23-19)22-14-17-10-6-12-25-20(17)15-7-2-1-3-8-15/h1-3,7-8,16-20,23H,4-6,9-14H2,(H,22,24). The van der Waals surface area contributed by atoms with Gasteiger partial charge in [0.05, 0.1) is 12.1 Å². The molecule has 136 valence electrons. The van der Waals surface area contributed by atoms with Crippen molar-refractivity contribution in [1.29, 1.82) is 0 Å². The third kappa shape index (κ3) is 3.90. The lowest BCUT2D eigenvalue weighted by Crippen LogP contribution is -2.45. The molecule has 25 heavy (non-hydrogen) atoms. The number of carbonyl (C=O) groups excluding carboxylic acids is 1. The molecule has 2 N–H and O–H groups in total. The molecular formula is C21H30N2O2. The average Bonchev–Trinajstić information content (AvgIpc) is 3.11. The van der Waals surface area contributed by atoms with Crippen molar-refractivity contribution in [3.05, 3.63) is 35.9 Å². The fourth-order valence-corrected chi connectivity index (χ4v) is 4.94. The van der Waals surface area contributed by atoms with Crippen LogP contribution in [0.3, 0.4) is 0 Å². The molecule has 0 bridgehead atoms. The maximum atomic E-state index is 12.7. The van der Waals surface area contributed by atoms with Crippen LogP contribution in [0.2, 0.25) is 0 Å². The van der Waals surface area contributed by atoms with Crippen LogP contribution in [0.4, 0.5) is 0 Å². The maximum Gasteiger partial charge on any atom is 0.237 e. The van der Waals surface area contributed by atoms with Crippen LogP contribution >= 0.6 is 0 Å². The van der Waals surface area contributed by atoms with Crippen molar-refractivity contribution in [2.75, 3.05) is 13.2 Å². The summed E-state index contributed by atoms with van der Waals surface area (Å²) in [5.74, 6) is 1.26. The Morgan fingerprint density at radius 1 is 1.12 bits per heavy atom. The van der Waals surface area contributed by atoms with E-state index in [2.05, 4.69) is 34.9 Å². The van der Waals surface area contributed by atoms with Crippen LogP contribution in [0.15, 0.2) is 30.3 Å². The van der Waals surface area contributed by atoms with Gasteiger partial charge in [-0.2, -0.15) is 0 Å². The SMILES string of the molecule is O=C(NCC1CCCOC1c1ccccc1)C1CC2CCCCC2N1. The van der Waals surface area contributed by atoms with E-state index in [4.69, 9.17) is 4.74 Å². The van der Waals surface area contributed by atoms with Gasteiger partial charge in [0.25, 0.3) is 0 Å². The number of hydrogen-bond acceptors (Lipinski definition) is 3. The van der Waals surface area contributed by atoms with Gasteiger partial charge >= 0.3 is 0 Å². The molecule has 4 heteroatoms. The lowest BCUT2D eigenvalue weighted by atomic mass is 9.85. The molecule has 5 atom stereocenters. The lowest BCUT2D eigenvalue weighted by molar-refractivity contribution is -0.123. The van der Waals surface area contributed by atoms with E-state index in [0.29, 0.717) is 24.4 Å². The first kappa shape index (κ1) is 17.0. The zero-order valence-corrected chi connectivity index (χ0v) is 15.0. The van der Waals surface area contributed by atoms with E-state index in [0.717, 1.165) is 25.9 Å². The fraction of sp³-hybridized carbons (Fsp3) is 0.667. The number of hydrogen-bond donors (Lipinski definition) is 2. The van der Waals surface area contributed by atoms with Crippen LogP contribution in [0, 0.1) is 11.8 Å². The average molecular weight is 342 g/mol. The summed E-state index contributed by atoms with van der Waals surface area (Å²) in [6.07, 6.45) is 8.47. The molecule has 0 radical (unpaired) electrons. The van der Waals surface area contributed by atoms with Crippen LogP contribution in [0.1, 0.15) is 56.6 Å². The van der Waals surface area contributed by atoms with Gasteiger partial charge in [-0.05, 0) is 43.6 Å². The van der Waals surface area contributed by atoms with E-state index in [1.165, 1.54) is 31.2 Å². The summed E-state index contributed by atoms with van der Waals surface area (Å²) >= 11 is 0. The highest BCUT2D eigenvalue weighted by molar-refractivity contribution is 5.82. The summed E-state index contributed by atoms with van der Waals surface area (Å²) < 4.78 is 6.04. The molecule has 0 aromatic heterocycles. The molecule has 1 amide bonds. The molecule has 4 rings (SSSR count). The number of benzene rings is 1.